The molecule has 1 aliphatic carbocycles. The maximum absolute atomic E-state index is 6.51. The summed E-state index contributed by atoms with van der Waals surface area (Å²) in [7, 11) is 1.69. The molecule has 3 aliphatic rings. The molecule has 0 unspecified atom stereocenters. The Morgan fingerprint density at radius 2 is 2.04 bits per heavy atom. The lowest BCUT2D eigenvalue weighted by molar-refractivity contribution is -0.114. The van der Waals surface area contributed by atoms with E-state index in [-0.39, 0.29) is 11.8 Å². The minimum Gasteiger partial charge on any atom is -0.497 e. The fourth-order valence-electron chi connectivity index (χ4n) is 4.49. The first-order valence-corrected chi connectivity index (χ1v) is 9.56. The number of benzene rings is 2. The molecule has 1 fully saturated rings. The van der Waals surface area contributed by atoms with E-state index >= 15 is 0 Å². The van der Waals surface area contributed by atoms with Crippen LogP contribution >= 0.6 is 11.6 Å². The summed E-state index contributed by atoms with van der Waals surface area (Å²) in [6.45, 7) is 0. The normalized spacial score (nSPS) is 22.6. The molecule has 0 radical (unpaired) electrons. The second-order valence-corrected chi connectivity index (χ2v) is 7.72. The summed E-state index contributed by atoms with van der Waals surface area (Å²) in [5.74, 6) is 1.81. The van der Waals surface area contributed by atoms with Crippen LogP contribution < -0.4 is 9.47 Å². The van der Waals surface area contributed by atoms with Gasteiger partial charge in [-0.3, -0.25) is 0 Å². The van der Waals surface area contributed by atoms with Crippen molar-refractivity contribution >= 4 is 17.3 Å². The van der Waals surface area contributed by atoms with Crippen LogP contribution in [0.15, 0.2) is 47.6 Å². The van der Waals surface area contributed by atoms with E-state index < -0.39 is 0 Å². The zero-order chi connectivity index (χ0) is 17.7. The third-order valence-corrected chi connectivity index (χ3v) is 5.98. The van der Waals surface area contributed by atoms with Gasteiger partial charge in [-0.25, -0.2) is 5.01 Å². The molecular formula is C21H21ClN2O2. The van der Waals surface area contributed by atoms with Crippen molar-refractivity contribution in [3.63, 3.8) is 0 Å². The minimum absolute atomic E-state index is 0.178. The van der Waals surface area contributed by atoms with Crippen LogP contribution in [-0.4, -0.2) is 23.6 Å². The molecule has 2 heterocycles. The highest BCUT2D eigenvalue weighted by Crippen LogP contribution is 2.52. The molecule has 0 bridgehead atoms. The van der Waals surface area contributed by atoms with Gasteiger partial charge in [0.25, 0.3) is 0 Å². The Morgan fingerprint density at radius 1 is 1.19 bits per heavy atom. The van der Waals surface area contributed by atoms with Crippen LogP contribution in [0, 0.1) is 0 Å². The van der Waals surface area contributed by atoms with Crippen LogP contribution in [-0.2, 0) is 0 Å². The van der Waals surface area contributed by atoms with Gasteiger partial charge >= 0.3 is 0 Å². The van der Waals surface area contributed by atoms with E-state index in [1.165, 1.54) is 12.8 Å². The van der Waals surface area contributed by atoms with E-state index in [2.05, 4.69) is 17.1 Å². The Kier molecular flexibility index (Phi) is 3.64. The van der Waals surface area contributed by atoms with Crippen LogP contribution in [0.1, 0.15) is 49.3 Å². The Balaban J connectivity index is 1.59. The largest absolute Gasteiger partial charge is 0.497 e. The second kappa shape index (κ2) is 5.92. The van der Waals surface area contributed by atoms with Gasteiger partial charge in [0.2, 0.25) is 0 Å². The number of ether oxygens (including phenoxy) is 2. The predicted octanol–water partition coefficient (Wildman–Crippen LogP) is 5.16. The molecule has 0 saturated heterocycles. The van der Waals surface area contributed by atoms with Crippen molar-refractivity contribution in [1.82, 2.24) is 5.01 Å². The van der Waals surface area contributed by atoms with Crippen molar-refractivity contribution in [3.05, 3.63) is 58.6 Å². The SMILES string of the molecule is COc1cccc(C2=NN3[C@H](C2)c2cc(Cl)ccc2OC32CCCC2)c1. The maximum Gasteiger partial charge on any atom is 0.198 e. The summed E-state index contributed by atoms with van der Waals surface area (Å²) in [5, 5.41) is 8.00. The number of halogens is 1. The molecule has 2 aliphatic heterocycles. The van der Waals surface area contributed by atoms with Crippen molar-refractivity contribution in [2.75, 3.05) is 7.11 Å². The van der Waals surface area contributed by atoms with Crippen LogP contribution in [0.5, 0.6) is 11.5 Å². The minimum atomic E-state index is -0.313. The van der Waals surface area contributed by atoms with Gasteiger partial charge in [-0.1, -0.05) is 23.7 Å². The average Bonchev–Trinajstić information content (AvgIpc) is 3.31. The van der Waals surface area contributed by atoms with E-state index in [1.54, 1.807) is 7.11 Å². The smallest absolute Gasteiger partial charge is 0.198 e. The van der Waals surface area contributed by atoms with E-state index in [9.17, 15) is 0 Å². The van der Waals surface area contributed by atoms with Crippen LogP contribution in [0.25, 0.3) is 0 Å². The number of hydrogen-bond donors (Lipinski definition) is 0. The van der Waals surface area contributed by atoms with E-state index in [0.29, 0.717) is 0 Å². The lowest BCUT2D eigenvalue weighted by Gasteiger charge is -2.45. The molecular weight excluding hydrogens is 348 g/mol. The lowest BCUT2D eigenvalue weighted by Crippen LogP contribution is -2.51. The Hall–Kier alpha value is -2.20. The number of methoxy groups -OCH3 is 1. The zero-order valence-corrected chi connectivity index (χ0v) is 15.5. The molecule has 2 aromatic rings. The Morgan fingerprint density at radius 3 is 2.85 bits per heavy atom. The lowest BCUT2D eigenvalue weighted by atomic mass is 9.94. The third-order valence-electron chi connectivity index (χ3n) is 5.75. The second-order valence-electron chi connectivity index (χ2n) is 7.28. The Bertz CT molecular complexity index is 889. The highest BCUT2D eigenvalue weighted by Gasteiger charge is 2.51. The molecule has 5 heteroatoms. The fourth-order valence-corrected chi connectivity index (χ4v) is 4.67. The highest BCUT2D eigenvalue weighted by atomic mass is 35.5. The summed E-state index contributed by atoms with van der Waals surface area (Å²) < 4.78 is 11.9. The molecule has 2 aromatic carbocycles. The molecule has 0 N–H and O–H groups in total. The zero-order valence-electron chi connectivity index (χ0n) is 14.7. The number of hydrogen-bond acceptors (Lipinski definition) is 4. The van der Waals surface area contributed by atoms with Crippen LogP contribution in [0.2, 0.25) is 5.02 Å². The average molecular weight is 369 g/mol. The van der Waals surface area contributed by atoms with Gasteiger partial charge in [0, 0.05) is 35.4 Å². The van der Waals surface area contributed by atoms with Crippen LogP contribution in [0.4, 0.5) is 0 Å². The third kappa shape index (κ3) is 2.39. The number of fused-ring (bicyclic) bond motifs is 4. The first-order chi connectivity index (χ1) is 12.7. The summed E-state index contributed by atoms with van der Waals surface area (Å²) in [5.41, 5.74) is 3.01. The highest BCUT2D eigenvalue weighted by molar-refractivity contribution is 6.30. The van der Waals surface area contributed by atoms with Crippen molar-refractivity contribution in [1.29, 1.82) is 0 Å². The van der Waals surface area contributed by atoms with Crippen molar-refractivity contribution < 1.29 is 9.47 Å². The quantitative estimate of drug-likeness (QED) is 0.734. The van der Waals surface area contributed by atoms with Gasteiger partial charge in [-0.2, -0.15) is 5.10 Å². The monoisotopic (exact) mass is 368 g/mol. The van der Waals surface area contributed by atoms with E-state index in [1.807, 2.05) is 30.3 Å². The van der Waals surface area contributed by atoms with Gasteiger partial charge in [0.05, 0.1) is 18.9 Å². The summed E-state index contributed by atoms with van der Waals surface area (Å²) >= 11 is 6.28. The topological polar surface area (TPSA) is 34.1 Å². The van der Waals surface area contributed by atoms with Gasteiger partial charge in [-0.15, -0.1) is 0 Å². The molecule has 134 valence electrons. The van der Waals surface area contributed by atoms with E-state index in [4.69, 9.17) is 26.2 Å². The maximum atomic E-state index is 6.51. The van der Waals surface area contributed by atoms with Crippen LogP contribution in [0.3, 0.4) is 0 Å². The number of hydrazone groups is 1. The predicted molar refractivity (Wildman–Crippen MR) is 102 cm³/mol. The first kappa shape index (κ1) is 16.0. The van der Waals surface area contributed by atoms with Gasteiger partial charge in [0.1, 0.15) is 11.5 Å². The molecule has 1 atom stereocenters. The summed E-state index contributed by atoms with van der Waals surface area (Å²) in [6, 6.07) is 14.3. The van der Waals surface area contributed by atoms with Crippen molar-refractivity contribution in [3.8, 4) is 11.5 Å². The fraction of sp³-hybridized carbons (Fsp3) is 0.381. The summed E-state index contributed by atoms with van der Waals surface area (Å²) in [4.78, 5) is 0. The molecule has 4 nitrogen and oxygen atoms in total. The molecule has 5 rings (SSSR count). The van der Waals surface area contributed by atoms with Crippen molar-refractivity contribution in [2.24, 2.45) is 5.10 Å². The number of nitrogens with zero attached hydrogens (tertiary/aromatic N) is 2. The Labute approximate surface area is 158 Å². The summed E-state index contributed by atoms with van der Waals surface area (Å²) in [6.07, 6.45) is 5.23. The van der Waals surface area contributed by atoms with Gasteiger partial charge in [-0.05, 0) is 43.2 Å². The molecule has 1 saturated carbocycles. The molecule has 0 aromatic heterocycles. The van der Waals surface area contributed by atoms with Crippen molar-refractivity contribution in [2.45, 2.75) is 43.9 Å². The van der Waals surface area contributed by atoms with Gasteiger partial charge in [0.15, 0.2) is 5.72 Å². The standard InChI is InChI=1S/C21H21ClN2O2/c1-25-16-6-4-5-14(11-16)18-13-19-17-12-15(22)7-8-20(17)26-21(24(19)23-18)9-2-3-10-21/h4-8,11-12,19H,2-3,9-10,13H2,1H3/t19-/m1/s1. The molecule has 0 amide bonds. The molecule has 26 heavy (non-hydrogen) atoms. The van der Waals surface area contributed by atoms with Gasteiger partial charge < -0.3 is 9.47 Å². The number of rotatable bonds is 2. The first-order valence-electron chi connectivity index (χ1n) is 9.18. The molecule has 1 spiro atoms. The van der Waals surface area contributed by atoms with E-state index in [0.717, 1.165) is 52.6 Å².